The Balaban J connectivity index is 1.99. The molecule has 9 heavy (non-hydrogen) atoms. The molecule has 4 unspecified atom stereocenters. The van der Waals surface area contributed by atoms with Gasteiger partial charge >= 0.3 is 0 Å². The fraction of sp³-hybridized carbons (Fsp3) is 1.00. The Hall–Kier alpha value is -0.0400. The summed E-state index contributed by atoms with van der Waals surface area (Å²) in [4.78, 5) is 0. The van der Waals surface area contributed by atoms with Crippen molar-refractivity contribution in [1.29, 1.82) is 0 Å². The van der Waals surface area contributed by atoms with Gasteiger partial charge in [-0.15, -0.1) is 0 Å². The first-order valence-electron chi connectivity index (χ1n) is 4.03. The van der Waals surface area contributed by atoms with E-state index in [9.17, 15) is 0 Å². The summed E-state index contributed by atoms with van der Waals surface area (Å²) >= 11 is 0. The van der Waals surface area contributed by atoms with E-state index in [1.807, 2.05) is 0 Å². The van der Waals surface area contributed by atoms with Gasteiger partial charge in [0.1, 0.15) is 0 Å². The first-order chi connectivity index (χ1) is 4.27. The van der Waals surface area contributed by atoms with Crippen molar-refractivity contribution in [1.82, 2.24) is 5.32 Å². The largest absolute Gasteiger partial charge is 0.308 e. The van der Waals surface area contributed by atoms with Crippen molar-refractivity contribution in [3.05, 3.63) is 0 Å². The maximum Gasteiger partial charge on any atom is 0.0250 e. The molecular formula is C8H15N. The van der Waals surface area contributed by atoms with Gasteiger partial charge in [-0.3, -0.25) is 0 Å². The summed E-state index contributed by atoms with van der Waals surface area (Å²) in [5.74, 6) is 1.91. The second kappa shape index (κ2) is 1.72. The molecule has 0 aromatic heterocycles. The van der Waals surface area contributed by atoms with Gasteiger partial charge in [0.05, 0.1) is 0 Å². The van der Waals surface area contributed by atoms with Gasteiger partial charge in [-0.2, -0.15) is 0 Å². The van der Waals surface area contributed by atoms with Crippen molar-refractivity contribution in [3.8, 4) is 0 Å². The molecule has 0 bridgehead atoms. The molecule has 1 N–H and O–H groups in total. The molecule has 1 heterocycles. The van der Waals surface area contributed by atoms with Gasteiger partial charge in [0, 0.05) is 12.1 Å². The van der Waals surface area contributed by atoms with Crippen molar-refractivity contribution in [3.63, 3.8) is 0 Å². The first kappa shape index (κ1) is 5.72. The lowest BCUT2D eigenvalue weighted by atomic mass is 9.84. The summed E-state index contributed by atoms with van der Waals surface area (Å²) in [6, 6.07) is 1.81. The lowest BCUT2D eigenvalue weighted by Gasteiger charge is -2.20. The molecule has 4 atom stereocenters. The Bertz CT molecular complexity index is 122. The summed E-state index contributed by atoms with van der Waals surface area (Å²) in [5, 5.41) is 3.51. The highest BCUT2D eigenvalue weighted by Crippen LogP contribution is 2.36. The van der Waals surface area contributed by atoms with Gasteiger partial charge in [-0.25, -0.2) is 0 Å². The van der Waals surface area contributed by atoms with Crippen LogP contribution in [0.15, 0.2) is 0 Å². The van der Waals surface area contributed by atoms with Crippen LogP contribution in [0.5, 0.6) is 0 Å². The molecule has 1 nitrogen and oxygen atoms in total. The standard InChI is InChI=1S/C8H15N/c1-5-3-6(2)8-7(4-5)9-8/h5-9H,3-4H2,1-2H3. The highest BCUT2D eigenvalue weighted by Gasteiger charge is 2.44. The van der Waals surface area contributed by atoms with E-state index in [4.69, 9.17) is 0 Å². The molecule has 2 aliphatic rings. The smallest absolute Gasteiger partial charge is 0.0250 e. The number of hydrogen-bond acceptors (Lipinski definition) is 1. The summed E-state index contributed by atoms with van der Waals surface area (Å²) in [5.41, 5.74) is 0. The van der Waals surface area contributed by atoms with Crippen molar-refractivity contribution in [2.45, 2.75) is 38.8 Å². The minimum absolute atomic E-state index is 0.904. The monoisotopic (exact) mass is 125 g/mol. The van der Waals surface area contributed by atoms with Crippen LogP contribution >= 0.6 is 0 Å². The lowest BCUT2D eigenvalue weighted by molar-refractivity contribution is 0.344. The Labute approximate surface area is 56.8 Å². The van der Waals surface area contributed by atoms with Crippen LogP contribution in [0.2, 0.25) is 0 Å². The molecule has 2 rings (SSSR count). The summed E-state index contributed by atoms with van der Waals surface area (Å²) in [6.45, 7) is 4.74. The summed E-state index contributed by atoms with van der Waals surface area (Å²) in [6.07, 6.45) is 2.86. The third-order valence-corrected chi connectivity index (χ3v) is 2.77. The molecule has 0 radical (unpaired) electrons. The maximum absolute atomic E-state index is 3.51. The molecule has 0 aromatic rings. The van der Waals surface area contributed by atoms with Gasteiger partial charge in [-0.05, 0) is 24.7 Å². The molecule has 0 amide bonds. The third-order valence-electron chi connectivity index (χ3n) is 2.77. The lowest BCUT2D eigenvalue weighted by Crippen LogP contribution is -2.18. The fourth-order valence-corrected chi connectivity index (χ4v) is 2.28. The van der Waals surface area contributed by atoms with E-state index in [0.717, 1.165) is 23.9 Å². The minimum atomic E-state index is 0.904. The highest BCUT2D eigenvalue weighted by molar-refractivity contribution is 5.04. The van der Waals surface area contributed by atoms with Crippen molar-refractivity contribution < 1.29 is 0 Å². The van der Waals surface area contributed by atoms with Crippen LogP contribution in [-0.4, -0.2) is 12.1 Å². The normalized spacial score (nSPS) is 56.7. The Morgan fingerprint density at radius 2 is 2.00 bits per heavy atom. The number of rotatable bonds is 0. The van der Waals surface area contributed by atoms with Crippen LogP contribution < -0.4 is 5.32 Å². The van der Waals surface area contributed by atoms with Crippen LogP contribution in [0.25, 0.3) is 0 Å². The van der Waals surface area contributed by atoms with Gasteiger partial charge in [0.15, 0.2) is 0 Å². The quantitative estimate of drug-likeness (QED) is 0.485. The maximum atomic E-state index is 3.51. The summed E-state index contributed by atoms with van der Waals surface area (Å²) < 4.78 is 0. The minimum Gasteiger partial charge on any atom is -0.308 e. The Morgan fingerprint density at radius 1 is 1.22 bits per heavy atom. The van der Waals surface area contributed by atoms with E-state index < -0.39 is 0 Å². The number of fused-ring (bicyclic) bond motifs is 1. The highest BCUT2D eigenvalue weighted by atomic mass is 15.2. The molecule has 1 aliphatic carbocycles. The number of nitrogens with one attached hydrogen (secondary N) is 1. The van der Waals surface area contributed by atoms with Crippen LogP contribution in [0.1, 0.15) is 26.7 Å². The van der Waals surface area contributed by atoms with Gasteiger partial charge in [0.2, 0.25) is 0 Å². The molecule has 1 saturated carbocycles. The average molecular weight is 125 g/mol. The zero-order valence-corrected chi connectivity index (χ0v) is 6.22. The van der Waals surface area contributed by atoms with Crippen molar-refractivity contribution in [2.24, 2.45) is 11.8 Å². The molecule has 0 aromatic carbocycles. The van der Waals surface area contributed by atoms with Gasteiger partial charge in [-0.1, -0.05) is 13.8 Å². The summed E-state index contributed by atoms with van der Waals surface area (Å²) in [7, 11) is 0. The van der Waals surface area contributed by atoms with E-state index in [1.54, 1.807) is 0 Å². The molecule has 0 spiro atoms. The average Bonchev–Trinajstić information content (AvgIpc) is 2.43. The van der Waals surface area contributed by atoms with Crippen LogP contribution in [0, 0.1) is 11.8 Å². The zero-order valence-electron chi connectivity index (χ0n) is 6.22. The van der Waals surface area contributed by atoms with E-state index in [2.05, 4.69) is 19.2 Å². The molecule has 1 heteroatoms. The van der Waals surface area contributed by atoms with Crippen LogP contribution in [0.4, 0.5) is 0 Å². The van der Waals surface area contributed by atoms with E-state index in [0.29, 0.717) is 0 Å². The van der Waals surface area contributed by atoms with Gasteiger partial charge in [0.25, 0.3) is 0 Å². The topological polar surface area (TPSA) is 21.9 Å². The molecular weight excluding hydrogens is 110 g/mol. The van der Waals surface area contributed by atoms with E-state index in [-0.39, 0.29) is 0 Å². The second-order valence-corrected chi connectivity index (χ2v) is 3.85. The first-order valence-corrected chi connectivity index (χ1v) is 4.03. The van der Waals surface area contributed by atoms with Crippen molar-refractivity contribution in [2.75, 3.05) is 0 Å². The SMILES string of the molecule is CC1CC(C)C2NC2C1. The molecule has 52 valence electrons. The molecule has 1 aliphatic heterocycles. The van der Waals surface area contributed by atoms with Crippen molar-refractivity contribution >= 4 is 0 Å². The molecule has 2 fully saturated rings. The molecule has 1 saturated heterocycles. The van der Waals surface area contributed by atoms with Crippen LogP contribution in [-0.2, 0) is 0 Å². The van der Waals surface area contributed by atoms with E-state index in [1.165, 1.54) is 12.8 Å². The van der Waals surface area contributed by atoms with E-state index >= 15 is 0 Å². The predicted molar refractivity (Wildman–Crippen MR) is 38.3 cm³/mol. The Kier molecular flexibility index (Phi) is 1.10. The number of hydrogen-bond donors (Lipinski definition) is 1. The fourth-order valence-electron chi connectivity index (χ4n) is 2.28. The predicted octanol–water partition coefficient (Wildman–Crippen LogP) is 1.39. The Morgan fingerprint density at radius 3 is 2.67 bits per heavy atom. The second-order valence-electron chi connectivity index (χ2n) is 3.85. The van der Waals surface area contributed by atoms with Crippen LogP contribution in [0.3, 0.4) is 0 Å². The van der Waals surface area contributed by atoms with Gasteiger partial charge < -0.3 is 5.32 Å². The zero-order chi connectivity index (χ0) is 6.43. The third kappa shape index (κ3) is 0.877.